The van der Waals surface area contributed by atoms with Crippen molar-refractivity contribution in [2.45, 2.75) is 38.6 Å². The van der Waals surface area contributed by atoms with E-state index < -0.39 is 10.0 Å². The molecule has 0 atom stereocenters. The molecule has 0 spiro atoms. The molecule has 0 radical (unpaired) electrons. The van der Waals surface area contributed by atoms with Crippen LogP contribution in [0.15, 0.2) is 4.99 Å². The summed E-state index contributed by atoms with van der Waals surface area (Å²) in [6.07, 6.45) is 4.86. The molecule has 0 amide bonds. The average molecular weight is 416 g/mol. The third-order valence-corrected chi connectivity index (χ3v) is 5.72. The Balaban J connectivity index is 0.00000200. The van der Waals surface area contributed by atoms with Crippen molar-refractivity contribution in [3.8, 4) is 0 Å². The van der Waals surface area contributed by atoms with Crippen LogP contribution in [0.3, 0.4) is 0 Å². The van der Waals surface area contributed by atoms with Gasteiger partial charge in [0.1, 0.15) is 0 Å². The second-order valence-electron chi connectivity index (χ2n) is 5.44. The molecular weight excluding hydrogens is 391 g/mol. The third kappa shape index (κ3) is 4.73. The molecule has 1 saturated heterocycles. The van der Waals surface area contributed by atoms with Crippen LogP contribution in [-0.4, -0.2) is 50.1 Å². The molecule has 0 aromatic heterocycles. The number of sulfonamides is 1. The van der Waals surface area contributed by atoms with Gasteiger partial charge in [-0.3, -0.25) is 4.99 Å². The predicted molar refractivity (Wildman–Crippen MR) is 91.8 cm³/mol. The molecule has 0 bridgehead atoms. The lowest BCUT2D eigenvalue weighted by Gasteiger charge is -2.37. The van der Waals surface area contributed by atoms with E-state index in [4.69, 9.17) is 5.73 Å². The molecule has 0 unspecified atom stereocenters. The van der Waals surface area contributed by atoms with Crippen molar-refractivity contribution < 1.29 is 8.42 Å². The lowest BCUT2D eigenvalue weighted by molar-refractivity contribution is 0.208. The van der Waals surface area contributed by atoms with E-state index in [1.54, 1.807) is 6.92 Å². The second-order valence-corrected chi connectivity index (χ2v) is 7.69. The van der Waals surface area contributed by atoms with Crippen LogP contribution in [0.2, 0.25) is 0 Å². The summed E-state index contributed by atoms with van der Waals surface area (Å²) in [7, 11) is -3.01. The molecular formula is C12H25IN4O2S. The van der Waals surface area contributed by atoms with Gasteiger partial charge in [-0.2, -0.15) is 0 Å². The van der Waals surface area contributed by atoms with E-state index in [1.807, 2.05) is 0 Å². The molecule has 20 heavy (non-hydrogen) atoms. The first-order chi connectivity index (χ1) is 9.01. The second kappa shape index (κ2) is 7.79. The summed E-state index contributed by atoms with van der Waals surface area (Å²) < 4.78 is 24.6. The fourth-order valence-electron chi connectivity index (χ4n) is 2.60. The summed E-state index contributed by atoms with van der Waals surface area (Å²) in [6, 6.07) is 0.474. The molecule has 0 aromatic carbocycles. The molecule has 1 aliphatic carbocycles. The molecule has 0 aromatic rings. The molecule has 1 heterocycles. The van der Waals surface area contributed by atoms with Gasteiger partial charge in [0.2, 0.25) is 10.0 Å². The highest BCUT2D eigenvalue weighted by molar-refractivity contribution is 14.0. The Labute approximate surface area is 138 Å². The number of hydrogen-bond acceptors (Lipinski definition) is 3. The predicted octanol–water partition coefficient (Wildman–Crippen LogP) is 0.733. The van der Waals surface area contributed by atoms with Gasteiger partial charge in [-0.1, -0.05) is 12.8 Å². The van der Waals surface area contributed by atoms with Crippen LogP contribution in [0.4, 0.5) is 0 Å². The zero-order valence-electron chi connectivity index (χ0n) is 11.9. The number of rotatable bonds is 5. The smallest absolute Gasteiger partial charge is 0.213 e. The monoisotopic (exact) mass is 416 g/mol. The summed E-state index contributed by atoms with van der Waals surface area (Å²) in [5, 5.41) is 3.23. The largest absolute Gasteiger partial charge is 0.370 e. The first-order valence-corrected chi connectivity index (χ1v) is 8.66. The number of aliphatic imine (C=N–C) groups is 1. The zero-order valence-corrected chi connectivity index (χ0v) is 15.1. The van der Waals surface area contributed by atoms with Crippen molar-refractivity contribution >= 4 is 40.0 Å². The van der Waals surface area contributed by atoms with Crippen LogP contribution in [0, 0.1) is 5.92 Å². The van der Waals surface area contributed by atoms with Gasteiger partial charge in [0.15, 0.2) is 5.96 Å². The SMILES string of the molecule is CCS(=O)(=O)N1CC(CN=C(N)NC2CCCC2)C1.I. The van der Waals surface area contributed by atoms with E-state index in [0.29, 0.717) is 37.6 Å². The first-order valence-electron chi connectivity index (χ1n) is 7.05. The first kappa shape index (κ1) is 18.0. The van der Waals surface area contributed by atoms with Crippen LogP contribution in [0.5, 0.6) is 0 Å². The molecule has 8 heteroatoms. The highest BCUT2D eigenvalue weighted by Crippen LogP contribution is 2.20. The van der Waals surface area contributed by atoms with Crippen LogP contribution in [0.25, 0.3) is 0 Å². The van der Waals surface area contributed by atoms with E-state index in [1.165, 1.54) is 30.0 Å². The van der Waals surface area contributed by atoms with E-state index in [2.05, 4.69) is 10.3 Å². The third-order valence-electron chi connectivity index (χ3n) is 3.91. The van der Waals surface area contributed by atoms with Crippen LogP contribution in [-0.2, 0) is 10.0 Å². The average Bonchev–Trinajstić information content (AvgIpc) is 2.79. The Hall–Kier alpha value is -0.0900. The van der Waals surface area contributed by atoms with Crippen LogP contribution >= 0.6 is 24.0 Å². The molecule has 2 rings (SSSR count). The Morgan fingerprint density at radius 3 is 2.50 bits per heavy atom. The maximum Gasteiger partial charge on any atom is 0.213 e. The minimum absolute atomic E-state index is 0. The van der Waals surface area contributed by atoms with Gasteiger partial charge >= 0.3 is 0 Å². The number of guanidine groups is 1. The van der Waals surface area contributed by atoms with Crippen molar-refractivity contribution in [1.82, 2.24) is 9.62 Å². The minimum atomic E-state index is -3.01. The number of nitrogens with two attached hydrogens (primary N) is 1. The van der Waals surface area contributed by atoms with Gasteiger partial charge < -0.3 is 11.1 Å². The van der Waals surface area contributed by atoms with Crippen molar-refractivity contribution in [2.75, 3.05) is 25.4 Å². The van der Waals surface area contributed by atoms with Crippen LogP contribution in [0.1, 0.15) is 32.6 Å². The Kier molecular flexibility index (Phi) is 6.99. The normalized spacial score (nSPS) is 22.4. The molecule has 1 aliphatic heterocycles. The molecule has 3 N–H and O–H groups in total. The summed E-state index contributed by atoms with van der Waals surface area (Å²) >= 11 is 0. The topological polar surface area (TPSA) is 87.8 Å². The van der Waals surface area contributed by atoms with E-state index in [-0.39, 0.29) is 29.7 Å². The number of hydrogen-bond donors (Lipinski definition) is 2. The number of halogens is 1. The van der Waals surface area contributed by atoms with Crippen LogP contribution < -0.4 is 11.1 Å². The summed E-state index contributed by atoms with van der Waals surface area (Å²) in [5.41, 5.74) is 5.83. The summed E-state index contributed by atoms with van der Waals surface area (Å²) in [6.45, 7) is 3.44. The Morgan fingerprint density at radius 2 is 1.95 bits per heavy atom. The summed E-state index contributed by atoms with van der Waals surface area (Å²) in [4.78, 5) is 4.31. The lowest BCUT2D eigenvalue weighted by Crippen LogP contribution is -2.51. The molecule has 2 aliphatic rings. The fraction of sp³-hybridized carbons (Fsp3) is 0.917. The van der Waals surface area contributed by atoms with E-state index in [0.717, 1.165) is 0 Å². The van der Waals surface area contributed by atoms with Gasteiger partial charge in [0.25, 0.3) is 0 Å². The molecule has 1 saturated carbocycles. The van der Waals surface area contributed by atoms with E-state index in [9.17, 15) is 8.42 Å². The van der Waals surface area contributed by atoms with Gasteiger partial charge in [-0.05, 0) is 19.8 Å². The number of nitrogens with zero attached hydrogens (tertiary/aromatic N) is 2. The maximum absolute atomic E-state index is 11.5. The fourth-order valence-corrected chi connectivity index (χ4v) is 3.84. The van der Waals surface area contributed by atoms with Gasteiger partial charge in [-0.25, -0.2) is 12.7 Å². The highest BCUT2D eigenvalue weighted by atomic mass is 127. The van der Waals surface area contributed by atoms with Gasteiger partial charge in [0.05, 0.1) is 5.75 Å². The quantitative estimate of drug-likeness (QED) is 0.393. The molecule has 2 fully saturated rings. The Bertz CT molecular complexity index is 429. The summed E-state index contributed by atoms with van der Waals surface area (Å²) in [5.74, 6) is 0.989. The van der Waals surface area contributed by atoms with Crippen molar-refractivity contribution in [3.63, 3.8) is 0 Å². The Morgan fingerprint density at radius 1 is 1.35 bits per heavy atom. The number of nitrogens with one attached hydrogen (secondary N) is 1. The lowest BCUT2D eigenvalue weighted by atomic mass is 10.0. The van der Waals surface area contributed by atoms with E-state index >= 15 is 0 Å². The van der Waals surface area contributed by atoms with Gasteiger partial charge in [-0.15, -0.1) is 24.0 Å². The molecule has 118 valence electrons. The zero-order chi connectivity index (χ0) is 13.9. The van der Waals surface area contributed by atoms with Gasteiger partial charge in [0, 0.05) is 31.6 Å². The standard InChI is InChI=1S/C12H24N4O2S.HI/c1-2-19(17,18)16-8-10(9-16)7-14-12(13)15-11-5-3-4-6-11;/h10-11H,2-9H2,1H3,(H3,13,14,15);1H. The van der Waals surface area contributed by atoms with Crippen molar-refractivity contribution in [1.29, 1.82) is 0 Å². The molecule has 6 nitrogen and oxygen atoms in total. The minimum Gasteiger partial charge on any atom is -0.370 e. The van der Waals surface area contributed by atoms with Crippen molar-refractivity contribution in [2.24, 2.45) is 16.6 Å². The maximum atomic E-state index is 11.5. The highest BCUT2D eigenvalue weighted by Gasteiger charge is 2.34. The van der Waals surface area contributed by atoms with Crippen molar-refractivity contribution in [3.05, 3.63) is 0 Å².